The molecule has 2 atom stereocenters. The highest BCUT2D eigenvalue weighted by molar-refractivity contribution is 6.18. The molecule has 1 heterocycles. The molecule has 2 unspecified atom stereocenters. The van der Waals surface area contributed by atoms with Crippen LogP contribution in [0.5, 0.6) is 0 Å². The highest BCUT2D eigenvalue weighted by atomic mass is 35.5. The summed E-state index contributed by atoms with van der Waals surface area (Å²) in [5.74, 6) is -0.221. The molecule has 21 heavy (non-hydrogen) atoms. The summed E-state index contributed by atoms with van der Waals surface area (Å²) in [6.07, 6.45) is -0.0495. The van der Waals surface area contributed by atoms with Crippen molar-refractivity contribution in [3.8, 4) is 0 Å². The SMILES string of the molecule is CC1(C(c2ccccc2)c2ccccc2)OCC(CCl)O1. The second-order valence-electron chi connectivity index (χ2n) is 5.48. The van der Waals surface area contributed by atoms with Gasteiger partial charge >= 0.3 is 0 Å². The maximum absolute atomic E-state index is 6.11. The van der Waals surface area contributed by atoms with Crippen LogP contribution in [0.3, 0.4) is 0 Å². The topological polar surface area (TPSA) is 18.5 Å². The van der Waals surface area contributed by atoms with Crippen molar-refractivity contribution in [2.24, 2.45) is 0 Å². The van der Waals surface area contributed by atoms with Crippen molar-refractivity contribution >= 4 is 11.6 Å². The number of hydrogen-bond donors (Lipinski definition) is 0. The fraction of sp³-hybridized carbons (Fsp3) is 0.333. The van der Waals surface area contributed by atoms with E-state index < -0.39 is 5.79 Å². The summed E-state index contributed by atoms with van der Waals surface area (Å²) >= 11 is 5.93. The van der Waals surface area contributed by atoms with Crippen LogP contribution < -0.4 is 0 Å². The van der Waals surface area contributed by atoms with Gasteiger partial charge in [0.15, 0.2) is 5.79 Å². The minimum absolute atomic E-state index is 0.0214. The Kier molecular flexibility index (Phi) is 4.29. The van der Waals surface area contributed by atoms with Crippen molar-refractivity contribution in [1.82, 2.24) is 0 Å². The second-order valence-corrected chi connectivity index (χ2v) is 5.78. The molecule has 3 heteroatoms. The number of halogens is 1. The van der Waals surface area contributed by atoms with Crippen molar-refractivity contribution in [3.05, 3.63) is 71.8 Å². The van der Waals surface area contributed by atoms with E-state index in [0.717, 1.165) is 0 Å². The smallest absolute Gasteiger partial charge is 0.176 e. The first-order valence-electron chi connectivity index (χ1n) is 7.20. The van der Waals surface area contributed by atoms with Gasteiger partial charge in [-0.3, -0.25) is 0 Å². The molecule has 0 radical (unpaired) electrons. The van der Waals surface area contributed by atoms with Crippen molar-refractivity contribution < 1.29 is 9.47 Å². The number of rotatable bonds is 4. The fourth-order valence-electron chi connectivity index (χ4n) is 2.97. The minimum Gasteiger partial charge on any atom is -0.346 e. The van der Waals surface area contributed by atoms with Crippen LogP contribution in [0.2, 0.25) is 0 Å². The van der Waals surface area contributed by atoms with Crippen LogP contribution in [-0.2, 0) is 9.47 Å². The van der Waals surface area contributed by atoms with Gasteiger partial charge in [-0.1, -0.05) is 60.7 Å². The minimum atomic E-state index is -0.692. The van der Waals surface area contributed by atoms with E-state index in [1.54, 1.807) is 0 Å². The van der Waals surface area contributed by atoms with Gasteiger partial charge in [-0.25, -0.2) is 0 Å². The second kappa shape index (κ2) is 6.18. The van der Waals surface area contributed by atoms with E-state index in [2.05, 4.69) is 24.3 Å². The monoisotopic (exact) mass is 302 g/mol. The number of alkyl halides is 1. The van der Waals surface area contributed by atoms with E-state index in [1.807, 2.05) is 43.3 Å². The number of benzene rings is 2. The first-order valence-corrected chi connectivity index (χ1v) is 7.74. The molecule has 1 aliphatic rings. The Balaban J connectivity index is 2.01. The van der Waals surface area contributed by atoms with Crippen LogP contribution in [0.15, 0.2) is 60.7 Å². The van der Waals surface area contributed by atoms with E-state index in [4.69, 9.17) is 21.1 Å². The van der Waals surface area contributed by atoms with Gasteiger partial charge in [0.1, 0.15) is 0 Å². The Bertz CT molecular complexity index is 533. The Morgan fingerprint density at radius 3 is 2.00 bits per heavy atom. The van der Waals surface area contributed by atoms with Crippen molar-refractivity contribution in [1.29, 1.82) is 0 Å². The molecule has 0 aliphatic carbocycles. The predicted molar refractivity (Wildman–Crippen MR) is 84.7 cm³/mol. The molecule has 1 aliphatic heterocycles. The zero-order valence-electron chi connectivity index (χ0n) is 12.0. The lowest BCUT2D eigenvalue weighted by Crippen LogP contribution is -2.35. The Morgan fingerprint density at radius 2 is 1.57 bits per heavy atom. The maximum Gasteiger partial charge on any atom is 0.176 e. The fourth-order valence-corrected chi connectivity index (χ4v) is 3.13. The van der Waals surface area contributed by atoms with Gasteiger partial charge in [0.25, 0.3) is 0 Å². The van der Waals surface area contributed by atoms with E-state index >= 15 is 0 Å². The van der Waals surface area contributed by atoms with E-state index in [9.17, 15) is 0 Å². The molecule has 2 aromatic rings. The molecular weight excluding hydrogens is 284 g/mol. The van der Waals surface area contributed by atoms with Gasteiger partial charge in [0.05, 0.1) is 24.5 Å². The third-order valence-corrected chi connectivity index (χ3v) is 4.26. The third-order valence-electron chi connectivity index (χ3n) is 3.92. The van der Waals surface area contributed by atoms with Gasteiger partial charge < -0.3 is 9.47 Å². The van der Waals surface area contributed by atoms with Crippen molar-refractivity contribution in [2.75, 3.05) is 12.5 Å². The molecule has 3 rings (SSSR count). The van der Waals surface area contributed by atoms with Crippen LogP contribution >= 0.6 is 11.6 Å². The van der Waals surface area contributed by atoms with Gasteiger partial charge in [0, 0.05) is 0 Å². The van der Waals surface area contributed by atoms with Gasteiger partial charge in [0.2, 0.25) is 0 Å². The summed E-state index contributed by atoms with van der Waals surface area (Å²) in [5, 5.41) is 0. The van der Waals surface area contributed by atoms with Crippen molar-refractivity contribution in [3.63, 3.8) is 0 Å². The standard InChI is InChI=1S/C18H19ClO2/c1-18(20-13-16(12-19)21-18)17(14-8-4-2-5-9-14)15-10-6-3-7-11-15/h2-11,16-17H,12-13H2,1H3. The largest absolute Gasteiger partial charge is 0.346 e. The van der Waals surface area contributed by atoms with Gasteiger partial charge in [-0.15, -0.1) is 11.6 Å². The normalized spacial score (nSPS) is 25.4. The molecule has 0 saturated carbocycles. The molecule has 2 nitrogen and oxygen atoms in total. The van der Waals surface area contributed by atoms with Crippen LogP contribution in [0.4, 0.5) is 0 Å². The highest BCUT2D eigenvalue weighted by Gasteiger charge is 2.45. The number of ether oxygens (including phenoxy) is 2. The van der Waals surface area contributed by atoms with Gasteiger partial charge in [-0.2, -0.15) is 0 Å². The Hall–Kier alpha value is -1.35. The molecule has 0 amide bonds. The van der Waals surface area contributed by atoms with Crippen LogP contribution in [0.1, 0.15) is 24.0 Å². The average Bonchev–Trinajstić information content (AvgIpc) is 2.92. The zero-order valence-corrected chi connectivity index (χ0v) is 12.8. The molecule has 110 valence electrons. The molecule has 1 fully saturated rings. The summed E-state index contributed by atoms with van der Waals surface area (Å²) < 4.78 is 12.1. The summed E-state index contributed by atoms with van der Waals surface area (Å²) in [4.78, 5) is 0. The van der Waals surface area contributed by atoms with Gasteiger partial charge in [-0.05, 0) is 18.1 Å². The third kappa shape index (κ3) is 2.98. The first-order chi connectivity index (χ1) is 10.2. The summed E-state index contributed by atoms with van der Waals surface area (Å²) in [7, 11) is 0. The molecule has 0 N–H and O–H groups in total. The lowest BCUT2D eigenvalue weighted by Gasteiger charge is -2.33. The Morgan fingerprint density at radius 1 is 1.05 bits per heavy atom. The molecule has 0 bridgehead atoms. The molecule has 2 aromatic carbocycles. The maximum atomic E-state index is 6.11. The van der Waals surface area contributed by atoms with Crippen LogP contribution in [-0.4, -0.2) is 24.4 Å². The lowest BCUT2D eigenvalue weighted by molar-refractivity contribution is -0.161. The summed E-state index contributed by atoms with van der Waals surface area (Å²) in [6, 6.07) is 20.7. The zero-order chi connectivity index (χ0) is 14.7. The van der Waals surface area contributed by atoms with Crippen molar-refractivity contribution in [2.45, 2.75) is 24.7 Å². The van der Waals surface area contributed by atoms with E-state index in [1.165, 1.54) is 11.1 Å². The van der Waals surface area contributed by atoms with Crippen LogP contribution in [0.25, 0.3) is 0 Å². The quantitative estimate of drug-likeness (QED) is 0.789. The summed E-state index contributed by atoms with van der Waals surface area (Å²) in [6.45, 7) is 2.54. The molecular formula is C18H19ClO2. The number of hydrogen-bond acceptors (Lipinski definition) is 2. The highest BCUT2D eigenvalue weighted by Crippen LogP contribution is 2.42. The molecule has 1 saturated heterocycles. The average molecular weight is 303 g/mol. The van der Waals surface area contributed by atoms with E-state index in [0.29, 0.717) is 12.5 Å². The summed E-state index contributed by atoms with van der Waals surface area (Å²) in [5.41, 5.74) is 2.36. The first kappa shape index (κ1) is 14.6. The van der Waals surface area contributed by atoms with Crippen LogP contribution in [0, 0.1) is 0 Å². The molecule has 0 spiro atoms. The van der Waals surface area contributed by atoms with E-state index in [-0.39, 0.29) is 12.0 Å². The molecule has 0 aromatic heterocycles. The Labute approximate surface area is 130 Å². The predicted octanol–water partition coefficient (Wildman–Crippen LogP) is 4.19. The lowest BCUT2D eigenvalue weighted by atomic mass is 9.85.